The molecular formula is C12H16N4. The molecule has 1 aromatic carbocycles. The fourth-order valence-corrected chi connectivity index (χ4v) is 1.53. The molecule has 4 heteroatoms. The largest absolute Gasteiger partial charge is 0.174 e. The molecule has 0 spiro atoms. The van der Waals surface area contributed by atoms with E-state index in [-0.39, 0.29) is 0 Å². The molecule has 84 valence electrons. The third kappa shape index (κ3) is 2.89. The van der Waals surface area contributed by atoms with E-state index in [9.17, 15) is 0 Å². The lowest BCUT2D eigenvalue weighted by Crippen LogP contribution is -2.04. The van der Waals surface area contributed by atoms with Gasteiger partial charge in [-0.2, -0.15) is 4.80 Å². The fourth-order valence-electron chi connectivity index (χ4n) is 1.53. The highest BCUT2D eigenvalue weighted by molar-refractivity contribution is 5.14. The summed E-state index contributed by atoms with van der Waals surface area (Å²) >= 11 is 0. The van der Waals surface area contributed by atoms with Gasteiger partial charge in [0.05, 0.1) is 6.54 Å². The van der Waals surface area contributed by atoms with Crippen molar-refractivity contribution in [3.63, 3.8) is 0 Å². The monoisotopic (exact) mass is 216 g/mol. The van der Waals surface area contributed by atoms with Gasteiger partial charge in [-0.15, -0.1) is 10.2 Å². The number of rotatable bonds is 5. The first-order valence-electron chi connectivity index (χ1n) is 5.69. The number of nitrogens with zero attached hydrogens (tertiary/aromatic N) is 4. The standard InChI is InChI=1S/C12H16N4/c1-2-3-9-12-13-15-16(14-12)10-11-7-5-4-6-8-11/h4-8H,2-3,9-10H2,1H3. The van der Waals surface area contributed by atoms with Crippen LogP contribution in [0.15, 0.2) is 30.3 Å². The highest BCUT2D eigenvalue weighted by Gasteiger charge is 2.02. The minimum atomic E-state index is 0.694. The molecule has 4 nitrogen and oxygen atoms in total. The van der Waals surface area contributed by atoms with Crippen LogP contribution < -0.4 is 0 Å². The zero-order valence-corrected chi connectivity index (χ0v) is 9.50. The van der Waals surface area contributed by atoms with Crippen LogP contribution >= 0.6 is 0 Å². The number of tetrazole rings is 1. The molecule has 0 saturated heterocycles. The molecule has 2 aromatic rings. The van der Waals surface area contributed by atoms with E-state index < -0.39 is 0 Å². The quantitative estimate of drug-likeness (QED) is 0.768. The molecule has 0 amide bonds. The Kier molecular flexibility index (Phi) is 3.64. The van der Waals surface area contributed by atoms with Crippen LogP contribution in [0.25, 0.3) is 0 Å². The van der Waals surface area contributed by atoms with Crippen LogP contribution in [0.4, 0.5) is 0 Å². The number of benzene rings is 1. The zero-order valence-electron chi connectivity index (χ0n) is 9.50. The average molecular weight is 216 g/mol. The minimum Gasteiger partial charge on any atom is -0.160 e. The van der Waals surface area contributed by atoms with Crippen LogP contribution in [0.5, 0.6) is 0 Å². The second kappa shape index (κ2) is 5.39. The van der Waals surface area contributed by atoms with Crippen molar-refractivity contribution in [3.8, 4) is 0 Å². The summed E-state index contributed by atoms with van der Waals surface area (Å²) in [4.78, 5) is 1.65. The maximum Gasteiger partial charge on any atom is 0.174 e. The molecule has 2 rings (SSSR count). The van der Waals surface area contributed by atoms with Crippen LogP contribution in [0, 0.1) is 0 Å². The van der Waals surface area contributed by atoms with Crippen LogP contribution in [0.3, 0.4) is 0 Å². The van der Waals surface area contributed by atoms with Gasteiger partial charge in [0.15, 0.2) is 5.82 Å². The number of hydrogen-bond acceptors (Lipinski definition) is 3. The smallest absolute Gasteiger partial charge is 0.160 e. The van der Waals surface area contributed by atoms with Crippen molar-refractivity contribution in [2.45, 2.75) is 32.7 Å². The lowest BCUT2D eigenvalue weighted by Gasteiger charge is -1.97. The van der Waals surface area contributed by atoms with Crippen molar-refractivity contribution >= 4 is 0 Å². The van der Waals surface area contributed by atoms with Crippen LogP contribution in [0.2, 0.25) is 0 Å². The van der Waals surface area contributed by atoms with Gasteiger partial charge in [-0.1, -0.05) is 43.7 Å². The summed E-state index contributed by atoms with van der Waals surface area (Å²) in [5, 5.41) is 12.4. The zero-order chi connectivity index (χ0) is 11.2. The molecule has 0 saturated carbocycles. The van der Waals surface area contributed by atoms with Gasteiger partial charge in [-0.05, 0) is 17.2 Å². The van der Waals surface area contributed by atoms with Gasteiger partial charge < -0.3 is 0 Å². The predicted octanol–water partition coefficient (Wildman–Crippen LogP) is 2.06. The van der Waals surface area contributed by atoms with Crippen LogP contribution in [-0.4, -0.2) is 20.2 Å². The Bertz CT molecular complexity index is 422. The highest BCUT2D eigenvalue weighted by Crippen LogP contribution is 2.01. The number of aryl methyl sites for hydroxylation is 1. The predicted molar refractivity (Wildman–Crippen MR) is 62.0 cm³/mol. The normalized spacial score (nSPS) is 10.6. The van der Waals surface area contributed by atoms with E-state index in [0.717, 1.165) is 25.1 Å². The summed E-state index contributed by atoms with van der Waals surface area (Å²) in [5.74, 6) is 0.845. The Morgan fingerprint density at radius 2 is 2.00 bits per heavy atom. The summed E-state index contributed by atoms with van der Waals surface area (Å²) in [6.45, 7) is 2.86. The van der Waals surface area contributed by atoms with E-state index in [1.165, 1.54) is 5.56 Å². The minimum absolute atomic E-state index is 0.694. The summed E-state index contributed by atoms with van der Waals surface area (Å²) < 4.78 is 0. The summed E-state index contributed by atoms with van der Waals surface area (Å²) in [5.41, 5.74) is 1.20. The van der Waals surface area contributed by atoms with Gasteiger partial charge >= 0.3 is 0 Å². The number of aromatic nitrogens is 4. The second-order valence-electron chi connectivity index (χ2n) is 3.83. The molecular weight excluding hydrogens is 200 g/mol. The number of unbranched alkanes of at least 4 members (excludes halogenated alkanes) is 1. The third-order valence-corrected chi connectivity index (χ3v) is 2.42. The van der Waals surface area contributed by atoms with Crippen molar-refractivity contribution in [2.75, 3.05) is 0 Å². The molecule has 0 aliphatic carbocycles. The molecule has 1 heterocycles. The lowest BCUT2D eigenvalue weighted by molar-refractivity contribution is 0.569. The average Bonchev–Trinajstić information content (AvgIpc) is 2.75. The molecule has 0 unspecified atom stereocenters. The van der Waals surface area contributed by atoms with E-state index in [0.29, 0.717) is 6.54 Å². The van der Waals surface area contributed by atoms with E-state index in [1.54, 1.807) is 4.80 Å². The Morgan fingerprint density at radius 1 is 1.19 bits per heavy atom. The second-order valence-corrected chi connectivity index (χ2v) is 3.83. The summed E-state index contributed by atoms with van der Waals surface area (Å²) in [6.07, 6.45) is 3.20. The molecule has 0 aliphatic heterocycles. The SMILES string of the molecule is CCCCc1nnn(Cc2ccccc2)n1. The molecule has 0 aliphatic rings. The Hall–Kier alpha value is -1.71. The molecule has 1 aromatic heterocycles. The van der Waals surface area contributed by atoms with Gasteiger partial charge in [-0.3, -0.25) is 0 Å². The lowest BCUT2D eigenvalue weighted by atomic mass is 10.2. The molecule has 0 radical (unpaired) electrons. The van der Waals surface area contributed by atoms with E-state index in [4.69, 9.17) is 0 Å². The van der Waals surface area contributed by atoms with Gasteiger partial charge in [0.1, 0.15) is 0 Å². The first kappa shape index (κ1) is 10.8. The molecule has 16 heavy (non-hydrogen) atoms. The maximum atomic E-state index is 4.34. The Labute approximate surface area is 95.3 Å². The van der Waals surface area contributed by atoms with Crippen molar-refractivity contribution in [1.29, 1.82) is 0 Å². The molecule has 0 bridgehead atoms. The fraction of sp³-hybridized carbons (Fsp3) is 0.417. The Morgan fingerprint density at radius 3 is 2.75 bits per heavy atom. The van der Waals surface area contributed by atoms with Crippen molar-refractivity contribution in [3.05, 3.63) is 41.7 Å². The number of hydrogen-bond donors (Lipinski definition) is 0. The van der Waals surface area contributed by atoms with E-state index >= 15 is 0 Å². The first-order valence-corrected chi connectivity index (χ1v) is 5.69. The molecule has 0 atom stereocenters. The third-order valence-electron chi connectivity index (χ3n) is 2.42. The first-order chi connectivity index (χ1) is 7.88. The topological polar surface area (TPSA) is 43.6 Å². The highest BCUT2D eigenvalue weighted by atomic mass is 15.6. The summed E-state index contributed by atoms with van der Waals surface area (Å²) in [7, 11) is 0. The van der Waals surface area contributed by atoms with Gasteiger partial charge in [0.25, 0.3) is 0 Å². The van der Waals surface area contributed by atoms with Gasteiger partial charge in [-0.25, -0.2) is 0 Å². The van der Waals surface area contributed by atoms with Crippen molar-refractivity contribution in [1.82, 2.24) is 20.2 Å². The van der Waals surface area contributed by atoms with Crippen molar-refractivity contribution in [2.24, 2.45) is 0 Å². The summed E-state index contributed by atoms with van der Waals surface area (Å²) in [6, 6.07) is 10.2. The maximum absolute atomic E-state index is 4.34. The Balaban J connectivity index is 1.97. The van der Waals surface area contributed by atoms with Gasteiger partial charge in [0, 0.05) is 6.42 Å². The molecule has 0 fully saturated rings. The van der Waals surface area contributed by atoms with E-state index in [1.807, 2.05) is 18.2 Å². The van der Waals surface area contributed by atoms with Gasteiger partial charge in [0.2, 0.25) is 0 Å². The molecule has 0 N–H and O–H groups in total. The van der Waals surface area contributed by atoms with Crippen LogP contribution in [-0.2, 0) is 13.0 Å². The van der Waals surface area contributed by atoms with Crippen molar-refractivity contribution < 1.29 is 0 Å². The van der Waals surface area contributed by atoms with E-state index in [2.05, 4.69) is 34.5 Å². The van der Waals surface area contributed by atoms with Crippen LogP contribution in [0.1, 0.15) is 31.2 Å².